The Kier molecular flexibility index (Phi) is 2.18. The third-order valence-corrected chi connectivity index (χ3v) is 5.47. The van der Waals surface area contributed by atoms with Crippen LogP contribution < -0.4 is 4.90 Å². The monoisotopic (exact) mass is 205 g/mol. The van der Waals surface area contributed by atoms with Crippen molar-refractivity contribution in [1.82, 2.24) is 0 Å². The molecule has 0 aliphatic carbocycles. The van der Waals surface area contributed by atoms with Crippen molar-refractivity contribution in [3.05, 3.63) is 29.8 Å². The summed E-state index contributed by atoms with van der Waals surface area (Å²) in [7, 11) is -0.957. The standard InChI is InChI=1S/C12H19NSi/c1-10-5-7-11(8-6-10)13-9-12(13)14(2,3)4/h5-8,12H,9H2,1-4H3. The van der Waals surface area contributed by atoms with Crippen molar-refractivity contribution < 1.29 is 0 Å². The van der Waals surface area contributed by atoms with Crippen LogP contribution in [0.1, 0.15) is 5.56 Å². The van der Waals surface area contributed by atoms with E-state index in [2.05, 4.69) is 55.7 Å². The number of hydrogen-bond acceptors (Lipinski definition) is 1. The number of hydrogen-bond donors (Lipinski definition) is 0. The third kappa shape index (κ3) is 1.85. The molecule has 1 saturated heterocycles. The molecular formula is C12H19NSi. The largest absolute Gasteiger partial charge is 0.368 e. The number of aryl methyl sites for hydroxylation is 1. The molecule has 2 rings (SSSR count). The molecule has 0 spiro atoms. The summed E-state index contributed by atoms with van der Waals surface area (Å²) in [6, 6.07) is 8.90. The molecular weight excluding hydrogens is 186 g/mol. The molecule has 0 saturated carbocycles. The highest BCUT2D eigenvalue weighted by Gasteiger charge is 2.43. The van der Waals surface area contributed by atoms with Crippen molar-refractivity contribution in [1.29, 1.82) is 0 Å². The van der Waals surface area contributed by atoms with E-state index in [0.717, 1.165) is 5.67 Å². The molecule has 2 heteroatoms. The van der Waals surface area contributed by atoms with Gasteiger partial charge in [0.15, 0.2) is 0 Å². The van der Waals surface area contributed by atoms with Gasteiger partial charge in [0.1, 0.15) is 0 Å². The van der Waals surface area contributed by atoms with E-state index in [1.807, 2.05) is 0 Å². The maximum atomic E-state index is 2.53. The molecule has 0 amide bonds. The molecule has 0 radical (unpaired) electrons. The Morgan fingerprint density at radius 2 is 1.71 bits per heavy atom. The lowest BCUT2D eigenvalue weighted by molar-refractivity contribution is 1.29. The molecule has 76 valence electrons. The summed E-state index contributed by atoms with van der Waals surface area (Å²) in [5.74, 6) is 0. The molecule has 1 aromatic rings. The van der Waals surface area contributed by atoms with Crippen LogP contribution in [-0.4, -0.2) is 20.3 Å². The average Bonchev–Trinajstić information content (AvgIpc) is 2.83. The molecule has 1 heterocycles. The Morgan fingerprint density at radius 1 is 1.14 bits per heavy atom. The van der Waals surface area contributed by atoms with Gasteiger partial charge >= 0.3 is 0 Å². The van der Waals surface area contributed by atoms with E-state index in [1.54, 1.807) is 0 Å². The van der Waals surface area contributed by atoms with Gasteiger partial charge in [0, 0.05) is 17.9 Å². The Balaban J connectivity index is 2.10. The fourth-order valence-electron chi connectivity index (χ4n) is 1.90. The average molecular weight is 205 g/mol. The maximum absolute atomic E-state index is 2.53. The molecule has 1 atom stereocenters. The molecule has 1 aliphatic heterocycles. The first-order valence-electron chi connectivity index (χ1n) is 5.32. The Morgan fingerprint density at radius 3 is 2.14 bits per heavy atom. The number of nitrogens with zero attached hydrogens (tertiary/aromatic N) is 1. The van der Waals surface area contributed by atoms with E-state index < -0.39 is 8.07 Å². The minimum atomic E-state index is -0.957. The highest BCUT2D eigenvalue weighted by atomic mass is 28.3. The first kappa shape index (κ1) is 9.78. The van der Waals surface area contributed by atoms with Gasteiger partial charge in [-0.25, -0.2) is 0 Å². The van der Waals surface area contributed by atoms with Crippen molar-refractivity contribution in [2.45, 2.75) is 32.2 Å². The van der Waals surface area contributed by atoms with Crippen molar-refractivity contribution >= 4 is 13.8 Å². The second-order valence-electron chi connectivity index (χ2n) is 5.37. The normalized spacial score (nSPS) is 21.1. The number of anilines is 1. The van der Waals surface area contributed by atoms with E-state index in [-0.39, 0.29) is 0 Å². The second kappa shape index (κ2) is 3.12. The van der Waals surface area contributed by atoms with Crippen molar-refractivity contribution in [2.24, 2.45) is 0 Å². The molecule has 0 bridgehead atoms. The van der Waals surface area contributed by atoms with Crippen LogP contribution in [0.15, 0.2) is 24.3 Å². The summed E-state index contributed by atoms with van der Waals surface area (Å²) in [6.07, 6.45) is 0. The maximum Gasteiger partial charge on any atom is 0.0727 e. The van der Waals surface area contributed by atoms with Gasteiger partial charge in [-0.1, -0.05) is 37.3 Å². The van der Waals surface area contributed by atoms with Gasteiger partial charge in [-0.2, -0.15) is 0 Å². The van der Waals surface area contributed by atoms with Gasteiger partial charge in [0.05, 0.1) is 8.07 Å². The molecule has 0 aromatic heterocycles. The summed E-state index contributed by atoms with van der Waals surface area (Å²) in [4.78, 5) is 2.53. The van der Waals surface area contributed by atoms with E-state index in [1.165, 1.54) is 17.8 Å². The quantitative estimate of drug-likeness (QED) is 0.530. The predicted molar refractivity (Wildman–Crippen MR) is 65.7 cm³/mol. The summed E-state index contributed by atoms with van der Waals surface area (Å²) in [5.41, 5.74) is 3.62. The Bertz CT molecular complexity index is 323. The van der Waals surface area contributed by atoms with E-state index in [0.29, 0.717) is 0 Å². The van der Waals surface area contributed by atoms with Crippen LogP contribution >= 0.6 is 0 Å². The summed E-state index contributed by atoms with van der Waals surface area (Å²) in [6.45, 7) is 10.8. The van der Waals surface area contributed by atoms with Crippen LogP contribution in [0.25, 0.3) is 0 Å². The lowest BCUT2D eigenvalue weighted by Gasteiger charge is -2.16. The zero-order valence-corrected chi connectivity index (χ0v) is 10.5. The van der Waals surface area contributed by atoms with E-state index >= 15 is 0 Å². The number of rotatable bonds is 2. The van der Waals surface area contributed by atoms with Crippen LogP contribution in [-0.2, 0) is 0 Å². The van der Waals surface area contributed by atoms with Crippen LogP contribution in [0.4, 0.5) is 5.69 Å². The fraction of sp³-hybridized carbons (Fsp3) is 0.500. The minimum absolute atomic E-state index is 0.866. The van der Waals surface area contributed by atoms with Gasteiger partial charge < -0.3 is 4.90 Å². The predicted octanol–water partition coefficient (Wildman–Crippen LogP) is 3.06. The van der Waals surface area contributed by atoms with Crippen molar-refractivity contribution in [3.63, 3.8) is 0 Å². The van der Waals surface area contributed by atoms with Crippen LogP contribution in [0, 0.1) is 6.92 Å². The van der Waals surface area contributed by atoms with E-state index in [9.17, 15) is 0 Å². The molecule has 14 heavy (non-hydrogen) atoms. The third-order valence-electron chi connectivity index (χ3n) is 2.98. The topological polar surface area (TPSA) is 3.01 Å². The lowest BCUT2D eigenvalue weighted by atomic mass is 10.2. The van der Waals surface area contributed by atoms with Gasteiger partial charge in [-0.05, 0) is 19.1 Å². The smallest absolute Gasteiger partial charge is 0.0727 e. The SMILES string of the molecule is Cc1ccc(N2CC2[Si](C)(C)C)cc1. The summed E-state index contributed by atoms with van der Waals surface area (Å²) < 4.78 is 0. The summed E-state index contributed by atoms with van der Waals surface area (Å²) >= 11 is 0. The zero-order valence-electron chi connectivity index (χ0n) is 9.54. The fourth-order valence-corrected chi connectivity index (χ4v) is 3.73. The molecule has 1 fully saturated rings. The number of benzene rings is 1. The zero-order chi connectivity index (χ0) is 10.3. The molecule has 1 unspecified atom stereocenters. The van der Waals surface area contributed by atoms with Gasteiger partial charge in [0.25, 0.3) is 0 Å². The van der Waals surface area contributed by atoms with Crippen LogP contribution in [0.3, 0.4) is 0 Å². The second-order valence-corrected chi connectivity index (χ2v) is 10.8. The molecule has 1 aliphatic rings. The van der Waals surface area contributed by atoms with Crippen molar-refractivity contribution in [2.75, 3.05) is 11.4 Å². The Hall–Kier alpha value is -0.763. The molecule has 1 aromatic carbocycles. The van der Waals surface area contributed by atoms with E-state index in [4.69, 9.17) is 0 Å². The molecule has 0 N–H and O–H groups in total. The van der Waals surface area contributed by atoms with Gasteiger partial charge in [-0.15, -0.1) is 0 Å². The first-order chi connectivity index (χ1) is 6.48. The minimum Gasteiger partial charge on any atom is -0.368 e. The van der Waals surface area contributed by atoms with Crippen molar-refractivity contribution in [3.8, 4) is 0 Å². The highest BCUT2D eigenvalue weighted by Crippen LogP contribution is 2.33. The molecule has 1 nitrogen and oxygen atoms in total. The van der Waals surface area contributed by atoms with Crippen LogP contribution in [0.5, 0.6) is 0 Å². The lowest BCUT2D eigenvalue weighted by Crippen LogP contribution is -2.31. The van der Waals surface area contributed by atoms with Crippen LogP contribution in [0.2, 0.25) is 19.6 Å². The van der Waals surface area contributed by atoms with Gasteiger partial charge in [-0.3, -0.25) is 0 Å². The first-order valence-corrected chi connectivity index (χ1v) is 8.89. The Labute approximate surface area is 87.8 Å². The highest BCUT2D eigenvalue weighted by molar-refractivity contribution is 6.79. The summed E-state index contributed by atoms with van der Waals surface area (Å²) in [5, 5.41) is 0. The van der Waals surface area contributed by atoms with Gasteiger partial charge in [0.2, 0.25) is 0 Å².